The Morgan fingerprint density at radius 2 is 1.51 bits per heavy atom. The van der Waals surface area contributed by atoms with Gasteiger partial charge >= 0.3 is 12.1 Å². The number of rotatable bonds is 7. The highest BCUT2D eigenvalue weighted by molar-refractivity contribution is 6.05. The Morgan fingerprint density at radius 3 is 2.17 bits per heavy atom. The van der Waals surface area contributed by atoms with E-state index in [1.807, 2.05) is 0 Å². The third-order valence-electron chi connectivity index (χ3n) is 4.91. The van der Waals surface area contributed by atoms with E-state index in [-0.39, 0.29) is 23.4 Å². The minimum atomic E-state index is -4.60. The van der Waals surface area contributed by atoms with Gasteiger partial charge in [-0.3, -0.25) is 9.59 Å². The normalized spacial score (nSPS) is 10.9. The number of amides is 2. The molecule has 0 atom stereocenters. The molecule has 7 nitrogen and oxygen atoms in total. The van der Waals surface area contributed by atoms with Crippen LogP contribution in [-0.2, 0) is 17.5 Å². The first-order valence-electron chi connectivity index (χ1n) is 10.2. The first kappa shape index (κ1) is 25.3. The molecule has 0 saturated heterocycles. The van der Waals surface area contributed by atoms with Gasteiger partial charge in [-0.2, -0.15) is 13.2 Å². The fourth-order valence-corrected chi connectivity index (χ4v) is 3.19. The maximum absolute atomic E-state index is 13.0. The van der Waals surface area contributed by atoms with Crippen molar-refractivity contribution in [3.8, 4) is 5.75 Å². The number of hydrogen-bond acceptors (Lipinski definition) is 5. The summed E-state index contributed by atoms with van der Waals surface area (Å²) in [5.41, 5.74) is -0.151. The molecule has 0 saturated carbocycles. The van der Waals surface area contributed by atoms with Crippen LogP contribution >= 0.6 is 0 Å². The van der Waals surface area contributed by atoms with Gasteiger partial charge in [-0.15, -0.1) is 0 Å². The quantitative estimate of drug-likeness (QED) is 0.473. The number of halogens is 3. The lowest BCUT2D eigenvalue weighted by molar-refractivity contribution is -0.137. The van der Waals surface area contributed by atoms with Gasteiger partial charge in [0.1, 0.15) is 5.75 Å². The Morgan fingerprint density at radius 1 is 0.829 bits per heavy atom. The van der Waals surface area contributed by atoms with Gasteiger partial charge in [0.05, 0.1) is 25.3 Å². The number of benzene rings is 3. The molecule has 0 aliphatic rings. The molecule has 0 spiro atoms. The Hall–Kier alpha value is -4.34. The second-order valence-electron chi connectivity index (χ2n) is 7.36. The SMILES string of the molecule is COC(=O)c1cc(CNC(=O)c2cccc(OC)c2)cc(NC(=O)c2cccc(C(F)(F)F)c2)c1. The van der Waals surface area contributed by atoms with E-state index in [1.54, 1.807) is 24.3 Å². The third kappa shape index (κ3) is 6.59. The van der Waals surface area contributed by atoms with Crippen molar-refractivity contribution in [1.29, 1.82) is 0 Å². The molecule has 2 amide bonds. The number of ether oxygens (including phenoxy) is 2. The van der Waals surface area contributed by atoms with Gasteiger partial charge in [0.25, 0.3) is 11.8 Å². The van der Waals surface area contributed by atoms with Crippen molar-refractivity contribution in [3.63, 3.8) is 0 Å². The van der Waals surface area contributed by atoms with E-state index < -0.39 is 29.5 Å². The van der Waals surface area contributed by atoms with Crippen molar-refractivity contribution in [2.24, 2.45) is 0 Å². The van der Waals surface area contributed by atoms with Crippen molar-refractivity contribution in [3.05, 3.63) is 94.5 Å². The summed E-state index contributed by atoms with van der Waals surface area (Å²) in [6.45, 7) is -0.00664. The lowest BCUT2D eigenvalue weighted by atomic mass is 10.1. The van der Waals surface area contributed by atoms with Crippen LogP contribution in [0.5, 0.6) is 5.75 Å². The number of nitrogens with one attached hydrogen (secondary N) is 2. The van der Waals surface area contributed by atoms with E-state index in [2.05, 4.69) is 10.6 Å². The first-order valence-corrected chi connectivity index (χ1v) is 10.2. The van der Waals surface area contributed by atoms with Crippen molar-refractivity contribution in [2.75, 3.05) is 19.5 Å². The highest BCUT2D eigenvalue weighted by Crippen LogP contribution is 2.29. The van der Waals surface area contributed by atoms with Crippen molar-refractivity contribution in [1.82, 2.24) is 5.32 Å². The Bertz CT molecular complexity index is 1260. The van der Waals surface area contributed by atoms with Crippen LogP contribution in [0.2, 0.25) is 0 Å². The molecule has 3 aromatic carbocycles. The Balaban J connectivity index is 1.81. The van der Waals surface area contributed by atoms with Gasteiger partial charge in [-0.05, 0) is 60.2 Å². The molecule has 3 aromatic rings. The second kappa shape index (κ2) is 10.7. The summed E-state index contributed by atoms with van der Waals surface area (Å²) in [4.78, 5) is 37.2. The number of carbonyl (C=O) groups excluding carboxylic acids is 3. The Kier molecular flexibility index (Phi) is 7.75. The average Bonchev–Trinajstić information content (AvgIpc) is 2.86. The number of alkyl halides is 3. The third-order valence-corrected chi connectivity index (χ3v) is 4.91. The molecule has 2 N–H and O–H groups in total. The van der Waals surface area contributed by atoms with Gasteiger partial charge in [-0.25, -0.2) is 4.79 Å². The largest absolute Gasteiger partial charge is 0.497 e. The molecule has 35 heavy (non-hydrogen) atoms. The van der Waals surface area contributed by atoms with Crippen LogP contribution in [0.15, 0.2) is 66.7 Å². The number of hydrogen-bond donors (Lipinski definition) is 2. The predicted molar refractivity (Wildman–Crippen MR) is 121 cm³/mol. The zero-order valence-corrected chi connectivity index (χ0v) is 18.7. The first-order chi connectivity index (χ1) is 16.6. The van der Waals surface area contributed by atoms with Crippen molar-refractivity contribution >= 4 is 23.5 Å². The number of carbonyl (C=O) groups is 3. The van der Waals surface area contributed by atoms with Gasteiger partial charge in [0.15, 0.2) is 0 Å². The van der Waals surface area contributed by atoms with E-state index in [4.69, 9.17) is 9.47 Å². The summed E-state index contributed by atoms with van der Waals surface area (Å²) in [5.74, 6) is -1.39. The number of anilines is 1. The molecule has 0 fully saturated rings. The molecular formula is C25H21F3N2O5. The van der Waals surface area contributed by atoms with E-state index in [9.17, 15) is 27.6 Å². The lowest BCUT2D eigenvalue weighted by Gasteiger charge is -2.12. The summed E-state index contributed by atoms with van der Waals surface area (Å²) >= 11 is 0. The minimum Gasteiger partial charge on any atom is -0.497 e. The molecule has 3 rings (SSSR count). The maximum Gasteiger partial charge on any atom is 0.416 e. The van der Waals surface area contributed by atoms with Gasteiger partial charge in [-0.1, -0.05) is 12.1 Å². The monoisotopic (exact) mass is 486 g/mol. The van der Waals surface area contributed by atoms with Crippen molar-refractivity contribution < 1.29 is 37.0 Å². The van der Waals surface area contributed by atoms with Crippen LogP contribution in [0.1, 0.15) is 42.2 Å². The summed E-state index contributed by atoms with van der Waals surface area (Å²) in [5, 5.41) is 5.19. The van der Waals surface area contributed by atoms with Gasteiger partial charge in [0.2, 0.25) is 0 Å². The van der Waals surface area contributed by atoms with E-state index in [1.165, 1.54) is 38.5 Å². The van der Waals surface area contributed by atoms with Crippen LogP contribution in [0, 0.1) is 0 Å². The Labute approximate surface area is 198 Å². The zero-order valence-electron chi connectivity index (χ0n) is 18.7. The van der Waals surface area contributed by atoms with Crippen LogP contribution < -0.4 is 15.4 Å². The highest BCUT2D eigenvalue weighted by Gasteiger charge is 2.31. The van der Waals surface area contributed by atoms with Crippen LogP contribution in [0.25, 0.3) is 0 Å². The topological polar surface area (TPSA) is 93.7 Å². The molecule has 0 aliphatic heterocycles. The molecule has 10 heteroatoms. The predicted octanol–water partition coefficient (Wildman–Crippen LogP) is 4.68. The highest BCUT2D eigenvalue weighted by atomic mass is 19.4. The summed E-state index contributed by atoms with van der Waals surface area (Å²) in [7, 11) is 2.66. The molecule has 0 bridgehead atoms. The molecule has 0 aromatic heterocycles. The fourth-order valence-electron chi connectivity index (χ4n) is 3.19. The summed E-state index contributed by atoms with van der Waals surface area (Å²) in [6.07, 6.45) is -4.60. The van der Waals surface area contributed by atoms with Crippen LogP contribution in [0.3, 0.4) is 0 Å². The van der Waals surface area contributed by atoms with E-state index >= 15 is 0 Å². The van der Waals surface area contributed by atoms with Gasteiger partial charge < -0.3 is 20.1 Å². The standard InChI is InChI=1S/C25H21F3N2O5/c1-34-21-8-4-6-17(13-21)22(31)29-14-15-9-18(24(33)35-2)12-20(10-15)30-23(32)16-5-3-7-19(11-16)25(26,27)28/h3-13H,14H2,1-2H3,(H,29,31)(H,30,32). The average molecular weight is 486 g/mol. The van der Waals surface area contributed by atoms with E-state index in [0.29, 0.717) is 16.9 Å². The van der Waals surface area contributed by atoms with Crippen LogP contribution in [-0.4, -0.2) is 32.0 Å². The molecule has 0 unspecified atom stereocenters. The van der Waals surface area contributed by atoms with E-state index in [0.717, 1.165) is 18.2 Å². The van der Waals surface area contributed by atoms with Crippen molar-refractivity contribution in [2.45, 2.75) is 12.7 Å². The number of esters is 1. The lowest BCUT2D eigenvalue weighted by Crippen LogP contribution is -2.23. The number of methoxy groups -OCH3 is 2. The fraction of sp³-hybridized carbons (Fsp3) is 0.160. The molecule has 182 valence electrons. The zero-order chi connectivity index (χ0) is 25.6. The summed E-state index contributed by atoms with van der Waals surface area (Å²) in [6, 6.07) is 14.7. The smallest absolute Gasteiger partial charge is 0.416 e. The maximum atomic E-state index is 13.0. The second-order valence-corrected chi connectivity index (χ2v) is 7.36. The molecule has 0 radical (unpaired) electrons. The minimum absolute atomic E-state index is 0.00664. The molecular weight excluding hydrogens is 465 g/mol. The summed E-state index contributed by atoms with van der Waals surface area (Å²) < 4.78 is 48.8. The van der Waals surface area contributed by atoms with Crippen LogP contribution in [0.4, 0.5) is 18.9 Å². The molecule has 0 aliphatic carbocycles. The van der Waals surface area contributed by atoms with Gasteiger partial charge in [0, 0.05) is 23.4 Å². The molecule has 0 heterocycles.